The molecule has 3 rings (SSSR count). The van der Waals surface area contributed by atoms with Gasteiger partial charge < -0.3 is 16.0 Å². The maximum absolute atomic E-state index is 4.48. The maximum atomic E-state index is 4.48. The van der Waals surface area contributed by atoms with Crippen molar-refractivity contribution in [1.29, 1.82) is 0 Å². The summed E-state index contributed by atoms with van der Waals surface area (Å²) in [5.41, 5.74) is 3.03. The largest absolute Gasteiger partial charge is 0.352 e. The Labute approximate surface area is 147 Å². The number of hydrogen-bond donors (Lipinski definition) is 3. The molecule has 0 atom stereocenters. The van der Waals surface area contributed by atoms with E-state index in [0.717, 1.165) is 11.4 Å². The smallest absolute Gasteiger partial charge is 0.233 e. The molecule has 0 aliphatic carbocycles. The number of hydrogen-bond acceptors (Lipinski definition) is 6. The highest BCUT2D eigenvalue weighted by Gasteiger charge is 2.08. The summed E-state index contributed by atoms with van der Waals surface area (Å²) < 4.78 is 0. The first kappa shape index (κ1) is 16.7. The summed E-state index contributed by atoms with van der Waals surface area (Å²) >= 11 is 0. The van der Waals surface area contributed by atoms with E-state index >= 15 is 0 Å². The lowest BCUT2D eigenvalue weighted by Gasteiger charge is -2.13. The molecule has 1 heterocycles. The Morgan fingerprint density at radius 1 is 0.720 bits per heavy atom. The Morgan fingerprint density at radius 2 is 1.32 bits per heavy atom. The van der Waals surface area contributed by atoms with Crippen molar-refractivity contribution < 1.29 is 0 Å². The van der Waals surface area contributed by atoms with Crippen molar-refractivity contribution in [2.45, 2.75) is 26.8 Å². The molecule has 6 heteroatoms. The van der Waals surface area contributed by atoms with Gasteiger partial charge in [-0.2, -0.15) is 15.0 Å². The zero-order valence-electron chi connectivity index (χ0n) is 14.6. The van der Waals surface area contributed by atoms with Gasteiger partial charge in [-0.1, -0.05) is 30.3 Å². The number of aryl methyl sites for hydroxylation is 1. The lowest BCUT2D eigenvalue weighted by atomic mass is 10.2. The first-order valence-electron chi connectivity index (χ1n) is 8.27. The van der Waals surface area contributed by atoms with Crippen molar-refractivity contribution in [2.75, 3.05) is 16.0 Å². The van der Waals surface area contributed by atoms with Crippen LogP contribution in [0.25, 0.3) is 0 Å². The average molecular weight is 334 g/mol. The topological polar surface area (TPSA) is 74.8 Å². The van der Waals surface area contributed by atoms with Crippen LogP contribution in [0.1, 0.15) is 19.4 Å². The molecule has 1 aromatic heterocycles. The maximum Gasteiger partial charge on any atom is 0.233 e. The van der Waals surface area contributed by atoms with Crippen LogP contribution in [0.5, 0.6) is 0 Å². The van der Waals surface area contributed by atoms with Gasteiger partial charge in [-0.15, -0.1) is 0 Å². The predicted molar refractivity (Wildman–Crippen MR) is 103 cm³/mol. The summed E-state index contributed by atoms with van der Waals surface area (Å²) in [5, 5.41) is 9.68. The second kappa shape index (κ2) is 7.61. The molecule has 0 amide bonds. The van der Waals surface area contributed by atoms with E-state index in [9.17, 15) is 0 Å². The van der Waals surface area contributed by atoms with E-state index in [1.165, 1.54) is 5.56 Å². The monoisotopic (exact) mass is 334 g/mol. The predicted octanol–water partition coefficient (Wildman–Crippen LogP) is 4.49. The van der Waals surface area contributed by atoms with E-state index in [2.05, 4.69) is 30.9 Å². The van der Waals surface area contributed by atoms with E-state index in [1.807, 2.05) is 75.4 Å². The summed E-state index contributed by atoms with van der Waals surface area (Å²) in [6, 6.07) is 18.1. The fourth-order valence-electron chi connectivity index (χ4n) is 2.31. The van der Waals surface area contributed by atoms with Crippen LogP contribution in [0.3, 0.4) is 0 Å². The van der Waals surface area contributed by atoms with Gasteiger partial charge in [0.2, 0.25) is 17.8 Å². The summed E-state index contributed by atoms with van der Waals surface area (Å²) in [4.78, 5) is 13.4. The minimum Gasteiger partial charge on any atom is -0.352 e. The van der Waals surface area contributed by atoms with Crippen LogP contribution in [-0.2, 0) is 0 Å². The quantitative estimate of drug-likeness (QED) is 0.617. The van der Waals surface area contributed by atoms with Crippen molar-refractivity contribution in [3.05, 3.63) is 60.2 Å². The molecule has 0 radical (unpaired) electrons. The Morgan fingerprint density at radius 3 is 1.96 bits per heavy atom. The molecule has 0 saturated heterocycles. The first-order valence-corrected chi connectivity index (χ1v) is 8.27. The van der Waals surface area contributed by atoms with Gasteiger partial charge >= 0.3 is 0 Å². The number of nitrogens with zero attached hydrogens (tertiary/aromatic N) is 3. The molecule has 128 valence electrons. The number of aromatic nitrogens is 3. The van der Waals surface area contributed by atoms with Gasteiger partial charge in [0.25, 0.3) is 0 Å². The van der Waals surface area contributed by atoms with E-state index in [0.29, 0.717) is 17.8 Å². The molecule has 0 bridgehead atoms. The first-order chi connectivity index (χ1) is 12.1. The Balaban J connectivity index is 1.89. The van der Waals surface area contributed by atoms with Gasteiger partial charge in [0.1, 0.15) is 0 Å². The third kappa shape index (κ3) is 4.91. The molecule has 3 aromatic rings. The minimum absolute atomic E-state index is 0.221. The van der Waals surface area contributed by atoms with Crippen molar-refractivity contribution in [3.8, 4) is 0 Å². The molecule has 0 spiro atoms. The number of benzene rings is 2. The van der Waals surface area contributed by atoms with Crippen LogP contribution in [-0.4, -0.2) is 21.0 Å². The van der Waals surface area contributed by atoms with Crippen LogP contribution < -0.4 is 16.0 Å². The zero-order chi connectivity index (χ0) is 17.6. The summed E-state index contributed by atoms with van der Waals surface area (Å²) in [6.45, 7) is 6.14. The van der Waals surface area contributed by atoms with Gasteiger partial charge in [-0.25, -0.2) is 0 Å². The van der Waals surface area contributed by atoms with Crippen LogP contribution in [0.4, 0.5) is 29.2 Å². The molecule has 0 aliphatic heterocycles. The highest BCUT2D eigenvalue weighted by atomic mass is 15.3. The second-order valence-electron chi connectivity index (χ2n) is 6.09. The Hall–Kier alpha value is -3.15. The molecule has 25 heavy (non-hydrogen) atoms. The van der Waals surface area contributed by atoms with E-state index < -0.39 is 0 Å². The van der Waals surface area contributed by atoms with Crippen LogP contribution in [0, 0.1) is 6.92 Å². The van der Waals surface area contributed by atoms with Crippen LogP contribution in [0.2, 0.25) is 0 Å². The van der Waals surface area contributed by atoms with Gasteiger partial charge in [-0.3, -0.25) is 0 Å². The third-order valence-electron chi connectivity index (χ3n) is 3.36. The molecule has 0 fully saturated rings. The van der Waals surface area contributed by atoms with Gasteiger partial charge in [-0.05, 0) is 50.6 Å². The van der Waals surface area contributed by atoms with Gasteiger partial charge in [0.15, 0.2) is 0 Å². The standard InChI is InChI=1S/C19H22N6/c1-13(2)20-17-23-18(21-15-9-5-4-6-10-15)25-19(24-17)22-16-11-7-8-14(3)12-16/h4-13H,1-3H3,(H3,20,21,22,23,24,25). The molecular weight excluding hydrogens is 312 g/mol. The summed E-state index contributed by atoms with van der Waals surface area (Å²) in [5.74, 6) is 1.50. The number of para-hydroxylation sites is 1. The lowest BCUT2D eigenvalue weighted by molar-refractivity contribution is 0.869. The summed E-state index contributed by atoms with van der Waals surface area (Å²) in [6.07, 6.45) is 0. The zero-order valence-corrected chi connectivity index (χ0v) is 14.6. The molecule has 6 nitrogen and oxygen atoms in total. The highest BCUT2D eigenvalue weighted by molar-refractivity contribution is 5.59. The summed E-state index contributed by atoms with van der Waals surface area (Å²) in [7, 11) is 0. The molecule has 3 N–H and O–H groups in total. The normalized spacial score (nSPS) is 10.6. The number of nitrogens with one attached hydrogen (secondary N) is 3. The van der Waals surface area contributed by atoms with Crippen LogP contribution >= 0.6 is 0 Å². The van der Waals surface area contributed by atoms with E-state index in [1.54, 1.807) is 0 Å². The second-order valence-corrected chi connectivity index (χ2v) is 6.09. The lowest BCUT2D eigenvalue weighted by Crippen LogP contribution is -2.15. The third-order valence-corrected chi connectivity index (χ3v) is 3.36. The van der Waals surface area contributed by atoms with Crippen molar-refractivity contribution in [2.24, 2.45) is 0 Å². The van der Waals surface area contributed by atoms with Gasteiger partial charge in [0.05, 0.1) is 0 Å². The minimum atomic E-state index is 0.221. The molecule has 0 unspecified atom stereocenters. The average Bonchev–Trinajstić information content (AvgIpc) is 2.55. The van der Waals surface area contributed by atoms with Gasteiger partial charge in [0, 0.05) is 17.4 Å². The molecule has 0 aliphatic rings. The van der Waals surface area contributed by atoms with Crippen LogP contribution in [0.15, 0.2) is 54.6 Å². The fourth-order valence-corrected chi connectivity index (χ4v) is 2.31. The molecular formula is C19H22N6. The van der Waals surface area contributed by atoms with E-state index in [-0.39, 0.29) is 6.04 Å². The number of rotatable bonds is 6. The highest BCUT2D eigenvalue weighted by Crippen LogP contribution is 2.19. The van der Waals surface area contributed by atoms with Crippen molar-refractivity contribution in [1.82, 2.24) is 15.0 Å². The fraction of sp³-hybridized carbons (Fsp3) is 0.211. The number of anilines is 5. The Kier molecular flexibility index (Phi) is 5.09. The van der Waals surface area contributed by atoms with E-state index in [4.69, 9.17) is 0 Å². The molecule has 0 saturated carbocycles. The SMILES string of the molecule is Cc1cccc(Nc2nc(Nc3ccccc3)nc(NC(C)C)n2)c1. The Bertz CT molecular complexity index is 832. The van der Waals surface area contributed by atoms with Crippen molar-refractivity contribution in [3.63, 3.8) is 0 Å². The van der Waals surface area contributed by atoms with Crippen molar-refractivity contribution >= 4 is 29.2 Å². The molecule has 2 aromatic carbocycles.